The molecule has 4 heteroatoms. The molecule has 0 fully saturated rings. The zero-order valence-electron chi connectivity index (χ0n) is 8.72. The van der Waals surface area contributed by atoms with Gasteiger partial charge in [-0.1, -0.05) is 0 Å². The molecule has 0 unspecified atom stereocenters. The van der Waals surface area contributed by atoms with Crippen LogP contribution in [0.4, 0.5) is 0 Å². The highest BCUT2D eigenvalue weighted by Gasteiger charge is 2.00. The molecular weight excluding hydrogens is 188 g/mol. The van der Waals surface area contributed by atoms with Crippen molar-refractivity contribution in [2.45, 2.75) is 13.3 Å². The van der Waals surface area contributed by atoms with E-state index in [1.54, 1.807) is 6.20 Å². The lowest BCUT2D eigenvalue weighted by molar-refractivity contribution is 0.864. The summed E-state index contributed by atoms with van der Waals surface area (Å²) in [4.78, 5) is 4.17. The molecule has 2 rings (SSSR count). The van der Waals surface area contributed by atoms with Gasteiger partial charge in [0.15, 0.2) is 0 Å². The number of rotatable bonds is 3. The van der Waals surface area contributed by atoms with Crippen LogP contribution in [0.5, 0.6) is 0 Å². The maximum Gasteiger partial charge on any atom is 0.0831 e. The molecule has 0 saturated heterocycles. The van der Waals surface area contributed by atoms with Gasteiger partial charge in [-0.2, -0.15) is 5.10 Å². The van der Waals surface area contributed by atoms with Crippen molar-refractivity contribution in [3.8, 4) is 5.69 Å². The second kappa shape index (κ2) is 4.23. The molecule has 2 heterocycles. The minimum Gasteiger partial charge on any atom is -0.330 e. The third-order valence-corrected chi connectivity index (χ3v) is 2.19. The van der Waals surface area contributed by atoms with Gasteiger partial charge >= 0.3 is 0 Å². The smallest absolute Gasteiger partial charge is 0.0831 e. The molecule has 78 valence electrons. The Hall–Kier alpha value is -1.68. The lowest BCUT2D eigenvalue weighted by Crippen LogP contribution is -2.04. The number of hydrogen-bond donors (Lipinski definition) is 1. The summed E-state index contributed by atoms with van der Waals surface area (Å²) in [6, 6.07) is 2.06. The average Bonchev–Trinajstić information content (AvgIpc) is 2.66. The molecule has 2 aromatic rings. The molecule has 4 nitrogen and oxygen atoms in total. The Bertz CT molecular complexity index is 447. The van der Waals surface area contributed by atoms with Gasteiger partial charge in [0.1, 0.15) is 0 Å². The number of nitrogens with two attached hydrogens (primary N) is 1. The second-order valence-electron chi connectivity index (χ2n) is 3.55. The maximum atomic E-state index is 5.50. The monoisotopic (exact) mass is 202 g/mol. The van der Waals surface area contributed by atoms with Gasteiger partial charge in [0.25, 0.3) is 0 Å². The van der Waals surface area contributed by atoms with Crippen LogP contribution in [0, 0.1) is 6.92 Å². The molecule has 0 aliphatic rings. The molecule has 0 atom stereocenters. The van der Waals surface area contributed by atoms with E-state index in [2.05, 4.69) is 16.1 Å². The number of nitrogens with zero attached hydrogens (tertiary/aromatic N) is 3. The molecular formula is C11H14N4. The van der Waals surface area contributed by atoms with Gasteiger partial charge in [0.05, 0.1) is 18.1 Å². The Kier molecular flexibility index (Phi) is 2.78. The first kappa shape index (κ1) is 9.86. The molecule has 0 aromatic carbocycles. The van der Waals surface area contributed by atoms with Crippen LogP contribution in [-0.2, 0) is 6.42 Å². The summed E-state index contributed by atoms with van der Waals surface area (Å²) in [5.74, 6) is 0. The van der Waals surface area contributed by atoms with E-state index >= 15 is 0 Å². The van der Waals surface area contributed by atoms with E-state index in [0.717, 1.165) is 23.2 Å². The Morgan fingerprint density at radius 2 is 2.20 bits per heavy atom. The quantitative estimate of drug-likeness (QED) is 0.810. The summed E-state index contributed by atoms with van der Waals surface area (Å²) >= 11 is 0. The van der Waals surface area contributed by atoms with E-state index in [1.807, 2.05) is 30.2 Å². The molecule has 0 aliphatic carbocycles. The van der Waals surface area contributed by atoms with Crippen molar-refractivity contribution in [2.24, 2.45) is 5.73 Å². The normalized spacial score (nSPS) is 10.5. The highest BCUT2D eigenvalue weighted by Crippen LogP contribution is 2.09. The first-order valence-corrected chi connectivity index (χ1v) is 4.95. The highest BCUT2D eigenvalue weighted by atomic mass is 15.3. The summed E-state index contributed by atoms with van der Waals surface area (Å²) in [6.45, 7) is 2.66. The van der Waals surface area contributed by atoms with Crippen LogP contribution in [0.15, 0.2) is 30.9 Å². The Morgan fingerprint density at radius 1 is 1.33 bits per heavy atom. The lowest BCUT2D eigenvalue weighted by Gasteiger charge is -2.03. The molecule has 2 N–H and O–H groups in total. The van der Waals surface area contributed by atoms with Crippen molar-refractivity contribution < 1.29 is 0 Å². The molecule has 0 spiro atoms. The van der Waals surface area contributed by atoms with Crippen molar-refractivity contribution in [3.05, 3.63) is 42.0 Å². The van der Waals surface area contributed by atoms with Gasteiger partial charge in [-0.3, -0.25) is 4.98 Å². The third kappa shape index (κ3) is 2.22. The Balaban J connectivity index is 2.32. The van der Waals surface area contributed by atoms with Crippen LogP contribution < -0.4 is 5.73 Å². The van der Waals surface area contributed by atoms with Crippen LogP contribution in [0.1, 0.15) is 11.1 Å². The van der Waals surface area contributed by atoms with Gasteiger partial charge in [0.2, 0.25) is 0 Å². The number of aryl methyl sites for hydroxylation is 1. The van der Waals surface area contributed by atoms with Crippen LogP contribution in [0.3, 0.4) is 0 Å². The van der Waals surface area contributed by atoms with E-state index in [-0.39, 0.29) is 0 Å². The molecule has 0 bridgehead atoms. The minimum absolute atomic E-state index is 0.642. The van der Waals surface area contributed by atoms with E-state index in [1.165, 1.54) is 0 Å². The van der Waals surface area contributed by atoms with Gasteiger partial charge < -0.3 is 5.73 Å². The molecule has 0 radical (unpaired) electrons. The minimum atomic E-state index is 0.642. The van der Waals surface area contributed by atoms with Crippen molar-refractivity contribution >= 4 is 0 Å². The number of pyridine rings is 1. The van der Waals surface area contributed by atoms with Crippen LogP contribution >= 0.6 is 0 Å². The molecule has 2 aromatic heterocycles. The zero-order chi connectivity index (χ0) is 10.7. The SMILES string of the molecule is Cc1cnn(-c2cncc(CCN)c2)c1. The zero-order valence-corrected chi connectivity index (χ0v) is 8.72. The van der Waals surface area contributed by atoms with E-state index in [4.69, 9.17) is 5.73 Å². The largest absolute Gasteiger partial charge is 0.330 e. The standard InChI is InChI=1S/C11H14N4/c1-9-5-14-15(8-9)11-4-10(2-3-12)6-13-7-11/h4-8H,2-3,12H2,1H3. The summed E-state index contributed by atoms with van der Waals surface area (Å²) in [6.07, 6.45) is 8.29. The predicted molar refractivity (Wildman–Crippen MR) is 58.9 cm³/mol. The van der Waals surface area contributed by atoms with Gasteiger partial charge in [0, 0.05) is 12.4 Å². The predicted octanol–water partition coefficient (Wildman–Crippen LogP) is 1.08. The van der Waals surface area contributed by atoms with E-state index in [0.29, 0.717) is 6.54 Å². The highest BCUT2D eigenvalue weighted by molar-refractivity contribution is 5.31. The van der Waals surface area contributed by atoms with Crippen molar-refractivity contribution in [1.82, 2.24) is 14.8 Å². The number of aromatic nitrogens is 3. The lowest BCUT2D eigenvalue weighted by atomic mass is 10.2. The molecule has 0 amide bonds. The summed E-state index contributed by atoms with van der Waals surface area (Å²) in [5, 5.41) is 4.23. The van der Waals surface area contributed by atoms with Crippen molar-refractivity contribution in [1.29, 1.82) is 0 Å². The molecule has 15 heavy (non-hydrogen) atoms. The summed E-state index contributed by atoms with van der Waals surface area (Å²) in [7, 11) is 0. The Morgan fingerprint density at radius 3 is 2.87 bits per heavy atom. The van der Waals surface area contributed by atoms with Gasteiger partial charge in [-0.15, -0.1) is 0 Å². The number of hydrogen-bond acceptors (Lipinski definition) is 3. The van der Waals surface area contributed by atoms with Crippen LogP contribution in [0.25, 0.3) is 5.69 Å². The first-order chi connectivity index (χ1) is 7.29. The average molecular weight is 202 g/mol. The third-order valence-electron chi connectivity index (χ3n) is 2.19. The second-order valence-corrected chi connectivity index (χ2v) is 3.55. The fourth-order valence-corrected chi connectivity index (χ4v) is 1.46. The molecule has 0 saturated carbocycles. The van der Waals surface area contributed by atoms with Gasteiger partial charge in [-0.05, 0) is 37.1 Å². The first-order valence-electron chi connectivity index (χ1n) is 4.95. The van der Waals surface area contributed by atoms with Crippen molar-refractivity contribution in [2.75, 3.05) is 6.54 Å². The fraction of sp³-hybridized carbons (Fsp3) is 0.273. The molecule has 0 aliphatic heterocycles. The maximum absolute atomic E-state index is 5.50. The van der Waals surface area contributed by atoms with Gasteiger partial charge in [-0.25, -0.2) is 4.68 Å². The van der Waals surface area contributed by atoms with E-state index < -0.39 is 0 Å². The topological polar surface area (TPSA) is 56.7 Å². The fourth-order valence-electron chi connectivity index (χ4n) is 1.46. The Labute approximate surface area is 88.8 Å². The van der Waals surface area contributed by atoms with Crippen LogP contribution in [-0.4, -0.2) is 21.3 Å². The van der Waals surface area contributed by atoms with Crippen LogP contribution in [0.2, 0.25) is 0 Å². The van der Waals surface area contributed by atoms with E-state index in [9.17, 15) is 0 Å². The summed E-state index contributed by atoms with van der Waals surface area (Å²) in [5.41, 5.74) is 8.76. The van der Waals surface area contributed by atoms with Crippen molar-refractivity contribution in [3.63, 3.8) is 0 Å². The summed E-state index contributed by atoms with van der Waals surface area (Å²) < 4.78 is 1.82.